The molecule has 36 heavy (non-hydrogen) atoms. The van der Waals surface area contributed by atoms with Crippen LogP contribution in [-0.4, -0.2) is 17.0 Å². The fraction of sp³-hybridized carbons (Fsp3) is 0.355. The Balaban J connectivity index is 1.05. The topological polar surface area (TPSA) is 48.0 Å². The molecule has 1 fully saturated rings. The van der Waals surface area contributed by atoms with Crippen molar-refractivity contribution in [1.82, 2.24) is 4.90 Å². The Labute approximate surface area is 212 Å². The van der Waals surface area contributed by atoms with Crippen molar-refractivity contribution in [3.8, 4) is 11.5 Å². The normalized spacial score (nSPS) is 21.6. The molecule has 6 rings (SSSR count). The van der Waals surface area contributed by atoms with E-state index in [-0.39, 0.29) is 12.2 Å². The van der Waals surface area contributed by atoms with Gasteiger partial charge in [0.2, 0.25) is 0 Å². The lowest BCUT2D eigenvalue weighted by Crippen LogP contribution is -2.39. The summed E-state index contributed by atoms with van der Waals surface area (Å²) in [6, 6.07) is 21.5. The average molecular weight is 484 g/mol. The minimum atomic E-state index is 0.132. The second-order valence-corrected chi connectivity index (χ2v) is 10.0. The number of fused-ring (bicyclic) bond motifs is 1. The van der Waals surface area contributed by atoms with Crippen molar-refractivity contribution in [2.24, 2.45) is 0 Å². The number of benzene rings is 2. The molecule has 1 unspecified atom stereocenters. The van der Waals surface area contributed by atoms with Gasteiger partial charge in [-0.3, -0.25) is 4.90 Å². The molecule has 5 heteroatoms. The molecule has 1 saturated carbocycles. The van der Waals surface area contributed by atoms with E-state index in [0.717, 1.165) is 63.1 Å². The van der Waals surface area contributed by atoms with Crippen LogP contribution in [0, 0.1) is 0 Å². The summed E-state index contributed by atoms with van der Waals surface area (Å²) in [5.41, 5.74) is 4.92. The van der Waals surface area contributed by atoms with Crippen LogP contribution in [0.2, 0.25) is 0 Å². The third kappa shape index (κ3) is 5.36. The fourth-order valence-electron chi connectivity index (χ4n) is 5.61. The lowest BCUT2D eigenvalue weighted by Gasteiger charge is -2.36. The van der Waals surface area contributed by atoms with Crippen LogP contribution in [0.5, 0.6) is 11.5 Å². The molecule has 0 radical (unpaired) electrons. The lowest BCUT2D eigenvalue weighted by molar-refractivity contribution is 0.0790. The summed E-state index contributed by atoms with van der Waals surface area (Å²) in [6.07, 6.45) is 13.9. The molecule has 2 aromatic carbocycles. The van der Waals surface area contributed by atoms with Gasteiger partial charge in [-0.05, 0) is 80.0 Å². The number of furan rings is 2. The van der Waals surface area contributed by atoms with Gasteiger partial charge in [0.25, 0.3) is 0 Å². The molecular weight excluding hydrogens is 450 g/mol. The molecule has 4 aromatic rings. The van der Waals surface area contributed by atoms with Crippen molar-refractivity contribution < 1.29 is 18.3 Å². The van der Waals surface area contributed by atoms with Crippen molar-refractivity contribution in [3.05, 3.63) is 108 Å². The van der Waals surface area contributed by atoms with E-state index in [1.54, 1.807) is 12.5 Å². The first-order chi connectivity index (χ1) is 17.8. The van der Waals surface area contributed by atoms with Crippen LogP contribution in [0.1, 0.15) is 60.5 Å². The summed E-state index contributed by atoms with van der Waals surface area (Å²) in [6.45, 7) is 1.76. The molecule has 5 nitrogen and oxygen atoms in total. The second-order valence-electron chi connectivity index (χ2n) is 10.0. The number of ether oxygens (including phenoxy) is 2. The van der Waals surface area contributed by atoms with E-state index in [2.05, 4.69) is 59.5 Å². The molecule has 1 aliphatic heterocycles. The molecule has 3 heterocycles. The van der Waals surface area contributed by atoms with E-state index in [4.69, 9.17) is 18.3 Å². The second kappa shape index (κ2) is 10.7. The highest BCUT2D eigenvalue weighted by Gasteiger charge is 2.28. The highest BCUT2D eigenvalue weighted by atomic mass is 16.5. The Hall–Kier alpha value is -3.44. The SMILES string of the molecule is c1ccc(C2CCc3cc(O[C@H]4CC[C@H](N(Cc5ccoc5)Cc5ccoc5)CC4)ccc3O2)cc1. The van der Waals surface area contributed by atoms with Crippen LogP contribution in [0.15, 0.2) is 94.6 Å². The molecule has 0 amide bonds. The maximum atomic E-state index is 6.47. The minimum Gasteiger partial charge on any atom is -0.490 e. The van der Waals surface area contributed by atoms with Crippen LogP contribution in [0.4, 0.5) is 0 Å². The third-order valence-electron chi connectivity index (χ3n) is 7.54. The van der Waals surface area contributed by atoms with Crippen LogP contribution in [-0.2, 0) is 19.5 Å². The molecule has 0 spiro atoms. The third-order valence-corrected chi connectivity index (χ3v) is 7.54. The molecule has 1 aliphatic carbocycles. The lowest BCUT2D eigenvalue weighted by atomic mass is 9.91. The van der Waals surface area contributed by atoms with Gasteiger partial charge >= 0.3 is 0 Å². The van der Waals surface area contributed by atoms with Crippen molar-refractivity contribution in [2.45, 2.75) is 69.9 Å². The number of nitrogens with zero attached hydrogens (tertiary/aromatic N) is 1. The van der Waals surface area contributed by atoms with Crippen molar-refractivity contribution >= 4 is 0 Å². The van der Waals surface area contributed by atoms with Gasteiger partial charge in [-0.25, -0.2) is 0 Å². The molecular formula is C31H33NO4. The fourth-order valence-corrected chi connectivity index (χ4v) is 5.61. The first-order valence-electron chi connectivity index (χ1n) is 13.1. The Morgan fingerprint density at radius 1 is 0.778 bits per heavy atom. The van der Waals surface area contributed by atoms with Gasteiger partial charge in [-0.1, -0.05) is 30.3 Å². The van der Waals surface area contributed by atoms with Gasteiger partial charge in [0.1, 0.15) is 17.6 Å². The zero-order valence-corrected chi connectivity index (χ0v) is 20.6. The van der Waals surface area contributed by atoms with Crippen LogP contribution < -0.4 is 9.47 Å². The zero-order chi connectivity index (χ0) is 24.2. The van der Waals surface area contributed by atoms with Gasteiger partial charge < -0.3 is 18.3 Å². The highest BCUT2D eigenvalue weighted by molar-refractivity contribution is 5.42. The molecule has 1 atom stereocenters. The van der Waals surface area contributed by atoms with Crippen LogP contribution >= 0.6 is 0 Å². The monoisotopic (exact) mass is 483 g/mol. The van der Waals surface area contributed by atoms with Crippen LogP contribution in [0.3, 0.4) is 0 Å². The Morgan fingerprint density at radius 3 is 2.17 bits per heavy atom. The first kappa shape index (κ1) is 23.0. The standard InChI is InChI=1S/C31H33NO4/c1-2-4-25(5-3-1)30-12-6-26-18-29(11-13-31(26)36-30)35-28-9-7-27(8-10-28)32(19-23-14-16-33-21-23)20-24-15-17-34-22-24/h1-5,11,13-18,21-22,27-28,30H,6-10,12,19-20H2/t27-,28-,30?. The average Bonchev–Trinajstić information content (AvgIpc) is 3.64. The molecule has 186 valence electrons. The van der Waals surface area contributed by atoms with E-state index in [1.165, 1.54) is 22.3 Å². The summed E-state index contributed by atoms with van der Waals surface area (Å²) >= 11 is 0. The molecule has 2 aromatic heterocycles. The maximum absolute atomic E-state index is 6.47. The summed E-state index contributed by atoms with van der Waals surface area (Å²) < 4.78 is 23.4. The predicted octanol–water partition coefficient (Wildman–Crippen LogP) is 7.33. The van der Waals surface area contributed by atoms with Gasteiger partial charge in [0, 0.05) is 30.3 Å². The Morgan fingerprint density at radius 2 is 1.50 bits per heavy atom. The van der Waals surface area contributed by atoms with Gasteiger partial charge in [-0.15, -0.1) is 0 Å². The Bertz CT molecular complexity index is 1170. The maximum Gasteiger partial charge on any atom is 0.124 e. The van der Waals surface area contributed by atoms with Gasteiger partial charge in [-0.2, -0.15) is 0 Å². The summed E-state index contributed by atoms with van der Waals surface area (Å²) in [5, 5.41) is 0. The van der Waals surface area contributed by atoms with Gasteiger partial charge in [0.05, 0.1) is 31.2 Å². The summed E-state index contributed by atoms with van der Waals surface area (Å²) in [7, 11) is 0. The predicted molar refractivity (Wildman–Crippen MR) is 138 cm³/mol. The summed E-state index contributed by atoms with van der Waals surface area (Å²) in [5.74, 6) is 1.95. The van der Waals surface area contributed by atoms with Gasteiger partial charge in [0.15, 0.2) is 0 Å². The number of aryl methyl sites for hydroxylation is 1. The van der Waals surface area contributed by atoms with E-state index >= 15 is 0 Å². The zero-order valence-electron chi connectivity index (χ0n) is 20.6. The first-order valence-corrected chi connectivity index (χ1v) is 13.1. The van der Waals surface area contributed by atoms with E-state index in [0.29, 0.717) is 6.04 Å². The highest BCUT2D eigenvalue weighted by Crippen LogP contribution is 2.37. The van der Waals surface area contributed by atoms with Crippen molar-refractivity contribution in [2.75, 3.05) is 0 Å². The number of hydrogen-bond acceptors (Lipinski definition) is 5. The Kier molecular flexibility index (Phi) is 6.81. The van der Waals surface area contributed by atoms with E-state index < -0.39 is 0 Å². The van der Waals surface area contributed by atoms with E-state index in [9.17, 15) is 0 Å². The van der Waals surface area contributed by atoms with Crippen LogP contribution in [0.25, 0.3) is 0 Å². The number of hydrogen-bond donors (Lipinski definition) is 0. The molecule has 0 saturated heterocycles. The molecule has 0 bridgehead atoms. The smallest absolute Gasteiger partial charge is 0.124 e. The van der Waals surface area contributed by atoms with Crippen molar-refractivity contribution in [3.63, 3.8) is 0 Å². The number of rotatable bonds is 8. The van der Waals surface area contributed by atoms with Crippen molar-refractivity contribution in [1.29, 1.82) is 0 Å². The summed E-state index contributed by atoms with van der Waals surface area (Å²) in [4.78, 5) is 2.55. The molecule has 0 N–H and O–H groups in total. The van der Waals surface area contributed by atoms with E-state index in [1.807, 2.05) is 18.6 Å². The minimum absolute atomic E-state index is 0.132. The quantitative estimate of drug-likeness (QED) is 0.263. The molecule has 2 aliphatic rings. The largest absolute Gasteiger partial charge is 0.490 e.